The fourth-order valence-electron chi connectivity index (χ4n) is 6.98. The number of benzene rings is 1. The molecule has 0 radical (unpaired) electrons. The van der Waals surface area contributed by atoms with Crippen LogP contribution in [-0.2, 0) is 59.2 Å². The summed E-state index contributed by atoms with van der Waals surface area (Å²) in [5.41, 5.74) is 22.8. The Labute approximate surface area is 450 Å². The van der Waals surface area contributed by atoms with Crippen LogP contribution in [0.15, 0.2) is 29.3 Å². The van der Waals surface area contributed by atoms with Gasteiger partial charge in [-0.2, -0.15) is 24.4 Å². The van der Waals surface area contributed by atoms with Gasteiger partial charge >= 0.3 is 11.9 Å². The first kappa shape index (κ1) is 67.1. The largest absolute Gasteiger partial charge is 0.508 e. The van der Waals surface area contributed by atoms with E-state index in [1.165, 1.54) is 43.0 Å². The number of thiol groups is 1. The smallest absolute Gasteiger partial charge is 0.326 e. The van der Waals surface area contributed by atoms with E-state index in [1.54, 1.807) is 27.0 Å². The number of nitrogens with zero attached hydrogens (tertiary/aromatic N) is 1. The van der Waals surface area contributed by atoms with Crippen LogP contribution in [0.5, 0.6) is 5.75 Å². The Hall–Kier alpha value is -6.88. The summed E-state index contributed by atoms with van der Waals surface area (Å²) in [7, 11) is 0. The molecule has 0 aliphatic rings. The highest BCUT2D eigenvalue weighted by molar-refractivity contribution is 7.98. The van der Waals surface area contributed by atoms with Gasteiger partial charge in [0.2, 0.25) is 53.2 Å². The molecule has 19 N–H and O–H groups in total. The zero-order valence-corrected chi connectivity index (χ0v) is 45.3. The fourth-order valence-corrected chi connectivity index (χ4v) is 7.71. The number of hydrogen-bond acceptors (Lipinski definition) is 16. The normalized spacial score (nSPS) is 15.3. The van der Waals surface area contributed by atoms with Crippen LogP contribution in [0, 0.1) is 11.8 Å². The Morgan fingerprint density at radius 2 is 1.09 bits per heavy atom. The molecular weight excluding hydrogens is 1030 g/mol. The number of nitrogens with two attached hydrogens (primary N) is 4. The highest BCUT2D eigenvalue weighted by Gasteiger charge is 2.36. The number of nitrogens with one attached hydrogen (secondary N) is 8. The highest BCUT2D eigenvalue weighted by atomic mass is 32.2. The SMILES string of the molecule is CC[C@H](C)[C@H](N)C(=O)N[C@@H](C)C(=O)N[C@@H](Cc1ccc(O)cc1)C(=O)N[C@@H](CCC(=O)O)C(=O)N[C@@H](CCCN=C(N)N)C(=O)N[C@@H](CCSC)C(=O)N[C@@H](CS)C(=O)N[C@@H](CC(N)=O)C(=O)N[C@H](C(=O)O)[C@@H](C)CC. The predicted molar refractivity (Wildman–Crippen MR) is 285 cm³/mol. The van der Waals surface area contributed by atoms with Gasteiger partial charge in [0.25, 0.3) is 0 Å². The lowest BCUT2D eigenvalue weighted by molar-refractivity contribution is -0.144. The Balaban J connectivity index is 3.57. The van der Waals surface area contributed by atoms with Crippen LogP contribution in [-0.4, -0.2) is 165 Å². The van der Waals surface area contributed by atoms with E-state index < -0.39 is 145 Å². The van der Waals surface area contributed by atoms with Gasteiger partial charge in [0.1, 0.15) is 54.1 Å². The second-order valence-corrected chi connectivity index (χ2v) is 19.5. The molecule has 0 bridgehead atoms. The van der Waals surface area contributed by atoms with E-state index in [1.807, 2.05) is 6.92 Å². The predicted octanol–water partition coefficient (Wildman–Crippen LogP) is -3.19. The van der Waals surface area contributed by atoms with Gasteiger partial charge in [0, 0.05) is 25.1 Å². The third-order valence-electron chi connectivity index (χ3n) is 12.1. The molecule has 0 spiro atoms. The molecule has 0 aromatic heterocycles. The molecule has 0 heterocycles. The van der Waals surface area contributed by atoms with Gasteiger partial charge in [-0.25, -0.2) is 4.79 Å². The van der Waals surface area contributed by atoms with Crippen molar-refractivity contribution in [3.8, 4) is 5.75 Å². The molecule has 11 atom stereocenters. The number of guanidine groups is 1. The maximum atomic E-state index is 14.2. The second-order valence-electron chi connectivity index (χ2n) is 18.1. The van der Waals surface area contributed by atoms with Gasteiger partial charge in [0.05, 0.1) is 12.5 Å². The van der Waals surface area contributed by atoms with Crippen LogP contribution in [0.2, 0.25) is 0 Å². The fraction of sp³-hybridized carbons (Fsp3) is 0.617. The van der Waals surface area contributed by atoms with Gasteiger partial charge in [-0.05, 0) is 74.1 Å². The molecule has 1 rings (SSSR count). The number of carbonyl (C=O) groups is 11. The number of aliphatic imine (C=N–C) groups is 1. The van der Waals surface area contributed by atoms with E-state index in [0.29, 0.717) is 18.4 Å². The van der Waals surface area contributed by atoms with Crippen molar-refractivity contribution in [3.05, 3.63) is 29.8 Å². The molecule has 0 saturated carbocycles. The molecule has 76 heavy (non-hydrogen) atoms. The molecule has 0 aliphatic heterocycles. The number of aromatic hydroxyl groups is 1. The lowest BCUT2D eigenvalue weighted by Crippen LogP contribution is -2.61. The summed E-state index contributed by atoms with van der Waals surface area (Å²) in [5, 5.41) is 48.9. The molecule has 0 unspecified atom stereocenters. The van der Waals surface area contributed by atoms with Crippen molar-refractivity contribution in [2.75, 3.05) is 24.3 Å². The minimum absolute atomic E-state index is 0.0409. The van der Waals surface area contributed by atoms with Crippen molar-refractivity contribution in [2.24, 2.45) is 39.8 Å². The van der Waals surface area contributed by atoms with Crippen molar-refractivity contribution >= 4 is 95.5 Å². The summed E-state index contributed by atoms with van der Waals surface area (Å²) >= 11 is 5.46. The average molecular weight is 1110 g/mol. The van der Waals surface area contributed by atoms with E-state index in [9.17, 15) is 68.1 Å². The quantitative estimate of drug-likeness (QED) is 0.0136. The second kappa shape index (κ2) is 34.6. The molecule has 0 aliphatic carbocycles. The molecule has 0 fully saturated rings. The first-order valence-corrected chi connectivity index (χ1v) is 26.6. The number of aliphatic carboxylic acids is 2. The zero-order chi connectivity index (χ0) is 57.8. The lowest BCUT2D eigenvalue weighted by atomic mass is 9.98. The minimum Gasteiger partial charge on any atom is -0.508 e. The third-order valence-corrected chi connectivity index (χ3v) is 13.1. The van der Waals surface area contributed by atoms with Crippen LogP contribution >= 0.6 is 24.4 Å². The van der Waals surface area contributed by atoms with E-state index in [-0.39, 0.29) is 61.4 Å². The molecule has 1 aromatic carbocycles. The monoisotopic (exact) mass is 1110 g/mol. The Morgan fingerprint density at radius 3 is 1.58 bits per heavy atom. The van der Waals surface area contributed by atoms with Gasteiger partial charge in [-0.1, -0.05) is 52.7 Å². The van der Waals surface area contributed by atoms with Crippen LogP contribution in [0.25, 0.3) is 0 Å². The first-order chi connectivity index (χ1) is 35.7. The highest BCUT2D eigenvalue weighted by Crippen LogP contribution is 2.14. The summed E-state index contributed by atoms with van der Waals surface area (Å²) < 4.78 is 0. The summed E-state index contributed by atoms with van der Waals surface area (Å²) in [6, 6.07) is -7.18. The summed E-state index contributed by atoms with van der Waals surface area (Å²) in [6.07, 6.45) is 0.287. The average Bonchev–Trinajstić information content (AvgIpc) is 3.36. The van der Waals surface area contributed by atoms with Crippen molar-refractivity contribution in [1.29, 1.82) is 0 Å². The third kappa shape index (κ3) is 24.6. The zero-order valence-electron chi connectivity index (χ0n) is 43.6. The van der Waals surface area contributed by atoms with Gasteiger partial charge in [0.15, 0.2) is 5.96 Å². The van der Waals surface area contributed by atoms with Crippen molar-refractivity contribution in [1.82, 2.24) is 42.5 Å². The number of primary amides is 1. The first-order valence-electron chi connectivity index (χ1n) is 24.5. The molecule has 0 saturated heterocycles. The number of amides is 9. The molecule has 27 nitrogen and oxygen atoms in total. The number of phenols is 1. The molecule has 9 amide bonds. The molecule has 29 heteroatoms. The van der Waals surface area contributed by atoms with Gasteiger partial charge < -0.3 is 80.8 Å². The Bertz CT molecular complexity index is 2190. The van der Waals surface area contributed by atoms with Crippen molar-refractivity contribution in [3.63, 3.8) is 0 Å². The van der Waals surface area contributed by atoms with E-state index in [2.05, 4.69) is 60.2 Å². The molecular formula is C47H77N13O14S2. The lowest BCUT2D eigenvalue weighted by Gasteiger charge is -2.28. The maximum Gasteiger partial charge on any atom is 0.326 e. The summed E-state index contributed by atoms with van der Waals surface area (Å²) in [6.45, 7) is 8.19. The summed E-state index contributed by atoms with van der Waals surface area (Å²) in [4.78, 5) is 149. The van der Waals surface area contributed by atoms with Gasteiger partial charge in [-0.15, -0.1) is 0 Å². The minimum atomic E-state index is -1.67. The molecule has 1 aromatic rings. The summed E-state index contributed by atoms with van der Waals surface area (Å²) in [5.74, 6) is -12.4. The van der Waals surface area contributed by atoms with Crippen LogP contribution < -0.4 is 65.5 Å². The van der Waals surface area contributed by atoms with Crippen molar-refractivity contribution in [2.45, 2.75) is 147 Å². The van der Waals surface area contributed by atoms with Crippen LogP contribution in [0.4, 0.5) is 0 Å². The topological polar surface area (TPSA) is 461 Å². The Kier molecular flexibility index (Phi) is 30.6. The van der Waals surface area contributed by atoms with Gasteiger partial charge in [-0.3, -0.25) is 52.9 Å². The number of hydrogen-bond donors (Lipinski definition) is 16. The Morgan fingerprint density at radius 1 is 0.618 bits per heavy atom. The number of thioether (sulfide) groups is 1. The number of carboxylic acids is 2. The maximum absolute atomic E-state index is 14.2. The standard InChI is InChI=1S/C47H77N13O14S2/c1-7-23(3)36(49)45(72)53-25(5)38(65)57-31(20-26-11-13-27(61)14-12-26)42(69)55-29(15-16-35(63)64)40(67)54-28(10-9-18-52-47(50)51)39(66)56-30(17-19-76-6)41(68)59-33(22-75)44(71)58-32(21-34(48)62)43(70)60-37(46(73)74)24(4)8-2/h11-14,23-25,28-33,36-37,61,75H,7-10,15-22,49H2,1-6H3,(H2,48,62)(H,53,72)(H,54,67)(H,55,69)(H,56,66)(H,57,65)(H,58,71)(H,59,68)(H,60,70)(H,63,64)(H,73,74)(H4,50,51,52)/t23-,24-,25-,28-,29-,30-,31-,32-,33-,36-,37-/m0/s1. The number of carboxylic acid groups (broad SMARTS) is 2. The van der Waals surface area contributed by atoms with E-state index >= 15 is 0 Å². The number of phenolic OH excluding ortho intramolecular Hbond substituents is 1. The van der Waals surface area contributed by atoms with E-state index in [4.69, 9.17) is 22.9 Å². The van der Waals surface area contributed by atoms with E-state index in [0.717, 1.165) is 0 Å². The molecule has 426 valence electrons. The number of rotatable bonds is 36. The van der Waals surface area contributed by atoms with Crippen molar-refractivity contribution < 1.29 is 68.1 Å². The van der Waals surface area contributed by atoms with Crippen LogP contribution in [0.1, 0.15) is 91.5 Å². The number of carbonyl (C=O) groups excluding carboxylic acids is 9. The van der Waals surface area contributed by atoms with Crippen LogP contribution in [0.3, 0.4) is 0 Å².